The largest absolute Gasteiger partial charge is 0.444 e. The highest BCUT2D eigenvalue weighted by Gasteiger charge is 2.34. The van der Waals surface area contributed by atoms with Gasteiger partial charge < -0.3 is 9.64 Å². The number of amides is 1. The van der Waals surface area contributed by atoms with E-state index in [9.17, 15) is 4.79 Å². The molecule has 0 unspecified atom stereocenters. The number of rotatable bonds is 2. The molecular weight excluding hydrogens is 196 g/mol. The maximum Gasteiger partial charge on any atom is 0.410 e. The van der Waals surface area contributed by atoms with E-state index in [1.54, 1.807) is 4.90 Å². The molecule has 6 nitrogen and oxygen atoms in total. The zero-order valence-electron chi connectivity index (χ0n) is 9.30. The molecule has 6 heteroatoms. The minimum absolute atomic E-state index is 0.00995. The molecule has 0 bridgehead atoms. The molecule has 0 saturated carbocycles. The molecule has 1 aliphatic heterocycles. The molecular formula is C9H16N4O2. The van der Waals surface area contributed by atoms with Gasteiger partial charge in [-0.05, 0) is 32.7 Å². The summed E-state index contributed by atoms with van der Waals surface area (Å²) in [6.07, 6.45) is 0.546. The number of hydrogen-bond donors (Lipinski definition) is 0. The topological polar surface area (TPSA) is 78.3 Å². The normalized spacial score (nSPS) is 20.2. The van der Waals surface area contributed by atoms with E-state index in [0.717, 1.165) is 6.42 Å². The Balaban J connectivity index is 2.44. The Hall–Kier alpha value is -1.42. The lowest BCUT2D eigenvalue weighted by Gasteiger charge is -2.40. The van der Waals surface area contributed by atoms with Crippen LogP contribution in [0.15, 0.2) is 5.11 Å². The number of azide groups is 1. The summed E-state index contributed by atoms with van der Waals surface area (Å²) in [4.78, 5) is 15.9. The molecule has 0 aromatic rings. The van der Waals surface area contributed by atoms with Gasteiger partial charge in [-0.25, -0.2) is 4.79 Å². The van der Waals surface area contributed by atoms with Crippen molar-refractivity contribution in [1.29, 1.82) is 0 Å². The number of ether oxygens (including phenoxy) is 1. The van der Waals surface area contributed by atoms with Gasteiger partial charge in [-0.1, -0.05) is 5.11 Å². The minimum Gasteiger partial charge on any atom is -0.444 e. The highest BCUT2D eigenvalue weighted by atomic mass is 16.6. The third-order valence-corrected chi connectivity index (χ3v) is 2.13. The van der Waals surface area contributed by atoms with Crippen LogP contribution in [0.3, 0.4) is 0 Å². The van der Waals surface area contributed by atoms with Gasteiger partial charge in [0, 0.05) is 24.0 Å². The molecule has 1 amide bonds. The van der Waals surface area contributed by atoms with Crippen molar-refractivity contribution in [1.82, 2.24) is 4.90 Å². The number of hydrogen-bond acceptors (Lipinski definition) is 3. The lowest BCUT2D eigenvalue weighted by atomic mass is 10.0. The highest BCUT2D eigenvalue weighted by molar-refractivity contribution is 5.69. The monoisotopic (exact) mass is 212 g/mol. The summed E-state index contributed by atoms with van der Waals surface area (Å²) in [5, 5.41) is 3.45. The van der Waals surface area contributed by atoms with Crippen LogP contribution in [-0.2, 0) is 4.74 Å². The van der Waals surface area contributed by atoms with Crippen LogP contribution >= 0.6 is 0 Å². The molecule has 0 spiro atoms. The quantitative estimate of drug-likeness (QED) is 0.400. The van der Waals surface area contributed by atoms with Crippen molar-refractivity contribution in [3.05, 3.63) is 10.4 Å². The first kappa shape index (κ1) is 11.7. The standard InChI is InChI=1S/C9H16N4O2/c1-9(2,3)15-8(14)13-5-4-7(13)6-11-12-10/h7H,4-6H2,1-3H3/t7-/m1/s1. The number of likely N-dealkylation sites (tertiary alicyclic amines) is 1. The number of carbonyl (C=O) groups excluding carboxylic acids is 1. The van der Waals surface area contributed by atoms with Crippen molar-refractivity contribution < 1.29 is 9.53 Å². The molecule has 0 radical (unpaired) electrons. The van der Waals surface area contributed by atoms with Crippen molar-refractivity contribution in [3.8, 4) is 0 Å². The summed E-state index contributed by atoms with van der Waals surface area (Å²) in [5.74, 6) is 0. The molecule has 0 aliphatic carbocycles. The van der Waals surface area contributed by atoms with E-state index < -0.39 is 5.60 Å². The SMILES string of the molecule is CC(C)(C)OC(=O)N1CC[C@@H]1CN=[N+]=[N-]. The van der Waals surface area contributed by atoms with Gasteiger partial charge in [0.25, 0.3) is 0 Å². The summed E-state index contributed by atoms with van der Waals surface area (Å²) in [5.41, 5.74) is 7.69. The summed E-state index contributed by atoms with van der Waals surface area (Å²) < 4.78 is 5.20. The lowest BCUT2D eigenvalue weighted by Crippen LogP contribution is -2.53. The van der Waals surface area contributed by atoms with Crippen LogP contribution in [0.4, 0.5) is 4.79 Å². The van der Waals surface area contributed by atoms with Gasteiger partial charge in [-0.15, -0.1) is 0 Å². The lowest BCUT2D eigenvalue weighted by molar-refractivity contribution is -0.00342. The molecule has 15 heavy (non-hydrogen) atoms. The Morgan fingerprint density at radius 2 is 2.33 bits per heavy atom. The summed E-state index contributed by atoms with van der Waals surface area (Å²) in [7, 11) is 0. The van der Waals surface area contributed by atoms with Crippen molar-refractivity contribution >= 4 is 6.09 Å². The van der Waals surface area contributed by atoms with E-state index >= 15 is 0 Å². The average Bonchev–Trinajstić information content (AvgIpc) is 1.98. The first-order chi connectivity index (χ1) is 6.94. The van der Waals surface area contributed by atoms with E-state index in [-0.39, 0.29) is 12.1 Å². The highest BCUT2D eigenvalue weighted by Crippen LogP contribution is 2.21. The fraction of sp³-hybridized carbons (Fsp3) is 0.889. The number of nitrogens with zero attached hydrogens (tertiary/aromatic N) is 4. The van der Waals surface area contributed by atoms with Gasteiger partial charge in [-0.2, -0.15) is 0 Å². The zero-order valence-corrected chi connectivity index (χ0v) is 9.30. The molecule has 84 valence electrons. The Kier molecular flexibility index (Phi) is 3.42. The molecule has 1 atom stereocenters. The van der Waals surface area contributed by atoms with Crippen LogP contribution in [0.5, 0.6) is 0 Å². The molecule has 0 N–H and O–H groups in total. The predicted octanol–water partition coefficient (Wildman–Crippen LogP) is 2.31. The first-order valence-corrected chi connectivity index (χ1v) is 4.94. The Morgan fingerprint density at radius 1 is 1.67 bits per heavy atom. The van der Waals surface area contributed by atoms with Gasteiger partial charge in [0.2, 0.25) is 0 Å². The van der Waals surface area contributed by atoms with Crippen molar-refractivity contribution in [2.24, 2.45) is 5.11 Å². The van der Waals surface area contributed by atoms with Crippen molar-refractivity contribution in [2.45, 2.75) is 38.8 Å². The third-order valence-electron chi connectivity index (χ3n) is 2.13. The number of carbonyl (C=O) groups is 1. The fourth-order valence-electron chi connectivity index (χ4n) is 1.32. The van der Waals surface area contributed by atoms with Gasteiger partial charge in [0.05, 0.1) is 0 Å². The van der Waals surface area contributed by atoms with E-state index in [1.807, 2.05) is 20.8 Å². The second-order valence-electron chi connectivity index (χ2n) is 4.53. The third kappa shape index (κ3) is 3.32. The van der Waals surface area contributed by atoms with Gasteiger partial charge in [0.15, 0.2) is 0 Å². The fourth-order valence-corrected chi connectivity index (χ4v) is 1.32. The molecule has 1 heterocycles. The molecule has 1 fully saturated rings. The Bertz CT molecular complexity index is 291. The summed E-state index contributed by atoms with van der Waals surface area (Å²) in [6.45, 7) is 6.49. The van der Waals surface area contributed by atoms with Gasteiger partial charge >= 0.3 is 6.09 Å². The van der Waals surface area contributed by atoms with Gasteiger partial charge in [-0.3, -0.25) is 0 Å². The van der Waals surface area contributed by atoms with E-state index in [1.165, 1.54) is 0 Å². The van der Waals surface area contributed by atoms with E-state index in [4.69, 9.17) is 10.3 Å². The van der Waals surface area contributed by atoms with Crippen molar-refractivity contribution in [2.75, 3.05) is 13.1 Å². The molecule has 1 aliphatic rings. The Morgan fingerprint density at radius 3 is 2.73 bits per heavy atom. The smallest absolute Gasteiger partial charge is 0.410 e. The summed E-state index contributed by atoms with van der Waals surface area (Å²) >= 11 is 0. The second kappa shape index (κ2) is 4.40. The maximum atomic E-state index is 11.6. The van der Waals surface area contributed by atoms with Crippen LogP contribution in [0.25, 0.3) is 10.4 Å². The van der Waals surface area contributed by atoms with E-state index in [2.05, 4.69) is 10.0 Å². The Labute approximate surface area is 88.8 Å². The van der Waals surface area contributed by atoms with Crippen LogP contribution in [-0.4, -0.2) is 35.7 Å². The van der Waals surface area contributed by atoms with Crippen molar-refractivity contribution in [3.63, 3.8) is 0 Å². The molecule has 1 rings (SSSR count). The van der Waals surface area contributed by atoms with Gasteiger partial charge in [0.1, 0.15) is 5.60 Å². The second-order valence-corrected chi connectivity index (χ2v) is 4.53. The average molecular weight is 212 g/mol. The minimum atomic E-state index is -0.476. The molecule has 1 saturated heterocycles. The van der Waals surface area contributed by atoms with Crippen LogP contribution in [0.2, 0.25) is 0 Å². The van der Waals surface area contributed by atoms with Crippen LogP contribution < -0.4 is 0 Å². The molecule has 0 aromatic heterocycles. The first-order valence-electron chi connectivity index (χ1n) is 4.94. The maximum absolute atomic E-state index is 11.6. The molecule has 0 aromatic carbocycles. The van der Waals surface area contributed by atoms with E-state index in [0.29, 0.717) is 13.1 Å². The zero-order chi connectivity index (χ0) is 11.5. The predicted molar refractivity (Wildman–Crippen MR) is 55.4 cm³/mol. The van der Waals surface area contributed by atoms with Crippen LogP contribution in [0, 0.1) is 0 Å². The summed E-state index contributed by atoms with van der Waals surface area (Å²) in [6, 6.07) is 0.00995. The van der Waals surface area contributed by atoms with Crippen LogP contribution in [0.1, 0.15) is 27.2 Å².